The van der Waals surface area contributed by atoms with Crippen molar-refractivity contribution < 1.29 is 5.11 Å². The summed E-state index contributed by atoms with van der Waals surface area (Å²) in [6.07, 6.45) is 2.26. The first kappa shape index (κ1) is 13.9. The van der Waals surface area contributed by atoms with Gasteiger partial charge in [0.2, 0.25) is 0 Å². The molecule has 1 aliphatic rings. The molecule has 0 aromatic rings. The highest BCUT2D eigenvalue weighted by Crippen LogP contribution is 2.16. The highest BCUT2D eigenvalue weighted by Gasteiger charge is 2.23. The molecule has 1 rings (SSSR count). The molecule has 0 aliphatic carbocycles. The summed E-state index contributed by atoms with van der Waals surface area (Å²) in [6, 6.07) is 0. The number of likely N-dealkylation sites (tertiary alicyclic amines) is 1. The Labute approximate surface area is 100 Å². The lowest BCUT2D eigenvalue weighted by molar-refractivity contribution is 0.0279. The molecule has 1 N–H and O–H groups in total. The zero-order chi connectivity index (χ0) is 12.0. The fraction of sp³-hybridized carbons (Fsp3) is 1.00. The first-order chi connectivity index (χ1) is 7.67. The molecule has 0 aromatic carbocycles. The molecule has 0 saturated carbocycles. The van der Waals surface area contributed by atoms with Crippen molar-refractivity contribution in [3.8, 4) is 0 Å². The maximum Gasteiger partial charge on any atom is 0.0693 e. The minimum absolute atomic E-state index is 0.109. The Kier molecular flexibility index (Phi) is 6.32. The number of nitrogens with zero attached hydrogens (tertiary/aromatic N) is 2. The number of aliphatic hydroxyl groups excluding tert-OH is 1. The minimum atomic E-state index is -0.109. The van der Waals surface area contributed by atoms with Crippen LogP contribution in [-0.4, -0.2) is 60.3 Å². The maximum atomic E-state index is 9.80. The number of hydrogen-bond acceptors (Lipinski definition) is 3. The van der Waals surface area contributed by atoms with E-state index in [-0.39, 0.29) is 6.10 Å². The summed E-state index contributed by atoms with van der Waals surface area (Å²) < 4.78 is 0. The molecule has 0 unspecified atom stereocenters. The van der Waals surface area contributed by atoms with Gasteiger partial charge in [0.05, 0.1) is 6.10 Å². The third-order valence-electron chi connectivity index (χ3n) is 3.85. The Balaban J connectivity index is 2.13. The van der Waals surface area contributed by atoms with Crippen LogP contribution in [0.5, 0.6) is 0 Å². The summed E-state index contributed by atoms with van der Waals surface area (Å²) in [4.78, 5) is 4.87. The van der Waals surface area contributed by atoms with Crippen molar-refractivity contribution in [1.82, 2.24) is 9.80 Å². The van der Waals surface area contributed by atoms with Gasteiger partial charge in [-0.25, -0.2) is 0 Å². The molecular weight excluding hydrogens is 200 g/mol. The van der Waals surface area contributed by atoms with E-state index >= 15 is 0 Å². The predicted molar refractivity (Wildman–Crippen MR) is 68.6 cm³/mol. The summed E-state index contributed by atoms with van der Waals surface area (Å²) in [6.45, 7) is 13.3. The number of aliphatic hydroxyl groups is 1. The average molecular weight is 228 g/mol. The molecule has 2 atom stereocenters. The first-order valence-electron chi connectivity index (χ1n) is 6.80. The zero-order valence-corrected chi connectivity index (χ0v) is 11.2. The van der Waals surface area contributed by atoms with E-state index in [1.165, 1.54) is 13.0 Å². The monoisotopic (exact) mass is 228 g/mol. The van der Waals surface area contributed by atoms with E-state index in [1.807, 2.05) is 0 Å². The van der Waals surface area contributed by atoms with Gasteiger partial charge in [-0.15, -0.1) is 0 Å². The van der Waals surface area contributed by atoms with E-state index in [1.54, 1.807) is 0 Å². The lowest BCUT2D eigenvalue weighted by Gasteiger charge is -2.34. The summed E-state index contributed by atoms with van der Waals surface area (Å²) in [5.41, 5.74) is 0. The SMILES string of the molecule is CCN(CC)CCCN1CC[C@H](C)[C@@H](O)C1. The van der Waals surface area contributed by atoms with Gasteiger partial charge < -0.3 is 14.9 Å². The van der Waals surface area contributed by atoms with E-state index in [9.17, 15) is 5.11 Å². The highest BCUT2D eigenvalue weighted by atomic mass is 16.3. The van der Waals surface area contributed by atoms with Gasteiger partial charge in [0.25, 0.3) is 0 Å². The van der Waals surface area contributed by atoms with Crippen LogP contribution in [0.1, 0.15) is 33.6 Å². The van der Waals surface area contributed by atoms with Gasteiger partial charge in [-0.2, -0.15) is 0 Å². The van der Waals surface area contributed by atoms with Crippen molar-refractivity contribution in [3.63, 3.8) is 0 Å². The fourth-order valence-corrected chi connectivity index (χ4v) is 2.38. The van der Waals surface area contributed by atoms with Gasteiger partial charge in [-0.3, -0.25) is 0 Å². The molecule has 1 aliphatic heterocycles. The smallest absolute Gasteiger partial charge is 0.0693 e. The number of hydrogen-bond donors (Lipinski definition) is 1. The van der Waals surface area contributed by atoms with Crippen molar-refractivity contribution in [1.29, 1.82) is 0 Å². The Hall–Kier alpha value is -0.120. The molecule has 3 nitrogen and oxygen atoms in total. The molecule has 0 amide bonds. The van der Waals surface area contributed by atoms with Gasteiger partial charge in [-0.05, 0) is 51.5 Å². The summed E-state index contributed by atoms with van der Waals surface area (Å²) >= 11 is 0. The van der Waals surface area contributed by atoms with Gasteiger partial charge in [0, 0.05) is 6.54 Å². The van der Waals surface area contributed by atoms with Crippen LogP contribution in [0.3, 0.4) is 0 Å². The van der Waals surface area contributed by atoms with Crippen LogP contribution in [0.25, 0.3) is 0 Å². The molecule has 96 valence electrons. The molecule has 16 heavy (non-hydrogen) atoms. The van der Waals surface area contributed by atoms with Crippen molar-refractivity contribution in [2.75, 3.05) is 39.3 Å². The molecule has 1 heterocycles. The summed E-state index contributed by atoms with van der Waals surface area (Å²) in [5.74, 6) is 0.485. The van der Waals surface area contributed by atoms with E-state index in [0.717, 1.165) is 39.1 Å². The molecule has 0 spiro atoms. The lowest BCUT2D eigenvalue weighted by atomic mass is 9.96. The topological polar surface area (TPSA) is 26.7 Å². The summed E-state index contributed by atoms with van der Waals surface area (Å²) in [5, 5.41) is 9.80. The first-order valence-corrected chi connectivity index (χ1v) is 6.80. The van der Waals surface area contributed by atoms with Crippen molar-refractivity contribution in [3.05, 3.63) is 0 Å². The van der Waals surface area contributed by atoms with Crippen LogP contribution in [0, 0.1) is 5.92 Å². The number of rotatable bonds is 6. The number of β-amino-alcohol motifs (C(OH)–C–C–N with tert-alkyl or cyclic N) is 1. The van der Waals surface area contributed by atoms with Crippen LogP contribution >= 0.6 is 0 Å². The Bertz CT molecular complexity index is 183. The normalized spacial score (nSPS) is 27.6. The van der Waals surface area contributed by atoms with Crippen LogP contribution in [0.4, 0.5) is 0 Å². The maximum absolute atomic E-state index is 9.80. The molecule has 0 bridgehead atoms. The molecular formula is C13H28N2O. The van der Waals surface area contributed by atoms with Gasteiger partial charge in [0.15, 0.2) is 0 Å². The summed E-state index contributed by atoms with van der Waals surface area (Å²) in [7, 11) is 0. The molecule has 3 heteroatoms. The van der Waals surface area contributed by atoms with Crippen molar-refractivity contribution in [2.45, 2.75) is 39.7 Å². The minimum Gasteiger partial charge on any atom is -0.392 e. The second kappa shape index (κ2) is 7.25. The van der Waals surface area contributed by atoms with Crippen molar-refractivity contribution in [2.24, 2.45) is 5.92 Å². The second-order valence-electron chi connectivity index (χ2n) is 5.01. The third kappa shape index (κ3) is 4.40. The molecule has 0 radical (unpaired) electrons. The quantitative estimate of drug-likeness (QED) is 0.745. The zero-order valence-electron chi connectivity index (χ0n) is 11.2. The van der Waals surface area contributed by atoms with Crippen LogP contribution in [0.2, 0.25) is 0 Å². The van der Waals surface area contributed by atoms with E-state index in [0.29, 0.717) is 5.92 Å². The van der Waals surface area contributed by atoms with Gasteiger partial charge >= 0.3 is 0 Å². The third-order valence-corrected chi connectivity index (χ3v) is 3.85. The Morgan fingerprint density at radius 2 is 2.00 bits per heavy atom. The van der Waals surface area contributed by atoms with Crippen molar-refractivity contribution >= 4 is 0 Å². The van der Waals surface area contributed by atoms with E-state index in [2.05, 4.69) is 30.6 Å². The van der Waals surface area contributed by atoms with Gasteiger partial charge in [-0.1, -0.05) is 20.8 Å². The molecule has 0 aromatic heterocycles. The van der Waals surface area contributed by atoms with Crippen LogP contribution in [0.15, 0.2) is 0 Å². The molecule has 1 fully saturated rings. The average Bonchev–Trinajstić information content (AvgIpc) is 2.29. The largest absolute Gasteiger partial charge is 0.392 e. The highest BCUT2D eigenvalue weighted by molar-refractivity contribution is 4.77. The van der Waals surface area contributed by atoms with Gasteiger partial charge in [0.1, 0.15) is 0 Å². The standard InChI is InChI=1S/C13H28N2O/c1-4-14(5-2)8-6-9-15-10-7-12(3)13(16)11-15/h12-13,16H,4-11H2,1-3H3/t12-,13-/m0/s1. The molecule has 1 saturated heterocycles. The van der Waals surface area contributed by atoms with Crippen LogP contribution < -0.4 is 0 Å². The fourth-order valence-electron chi connectivity index (χ4n) is 2.38. The van der Waals surface area contributed by atoms with E-state index < -0.39 is 0 Å². The van der Waals surface area contributed by atoms with Crippen LogP contribution in [-0.2, 0) is 0 Å². The predicted octanol–water partition coefficient (Wildman–Crippen LogP) is 1.42. The lowest BCUT2D eigenvalue weighted by Crippen LogP contribution is -2.43. The van der Waals surface area contributed by atoms with E-state index in [4.69, 9.17) is 0 Å². The Morgan fingerprint density at radius 1 is 1.31 bits per heavy atom. The second-order valence-corrected chi connectivity index (χ2v) is 5.01. The Morgan fingerprint density at radius 3 is 2.56 bits per heavy atom. The number of piperidine rings is 1.